The largest absolute Gasteiger partial charge is 0.394 e. The van der Waals surface area contributed by atoms with Gasteiger partial charge in [0.2, 0.25) is 5.95 Å². The maximum atomic E-state index is 8.56. The van der Waals surface area contributed by atoms with E-state index in [0.717, 1.165) is 19.4 Å². The van der Waals surface area contributed by atoms with Gasteiger partial charge in [0.15, 0.2) is 0 Å². The van der Waals surface area contributed by atoms with E-state index in [1.165, 1.54) is 0 Å². The van der Waals surface area contributed by atoms with E-state index in [1.807, 2.05) is 0 Å². The summed E-state index contributed by atoms with van der Waals surface area (Å²) in [6.45, 7) is 4.63. The van der Waals surface area contributed by atoms with Crippen molar-refractivity contribution < 1.29 is 9.84 Å². The fraction of sp³-hybridized carbons (Fsp3) is 0.667. The second-order valence-corrected chi connectivity index (χ2v) is 4.34. The molecule has 0 unspecified atom stereocenters. The van der Waals surface area contributed by atoms with Crippen molar-refractivity contribution in [2.45, 2.75) is 19.8 Å². The van der Waals surface area contributed by atoms with Gasteiger partial charge in [-0.05, 0) is 12.8 Å². The summed E-state index contributed by atoms with van der Waals surface area (Å²) in [5.74, 6) is 1.20. The molecule has 7 heteroatoms. The number of aromatic nitrogens is 2. The standard InChI is InChI=1S/C12H21ClN4O2/c1-2-4-15-12-16-9-10(13)11(17-12)14-5-3-7-19-8-6-18/h9,18H,2-8H2,1H3,(H2,14,15,16,17). The number of nitrogens with zero attached hydrogens (tertiary/aromatic N) is 2. The Morgan fingerprint density at radius 1 is 1.32 bits per heavy atom. The van der Waals surface area contributed by atoms with Gasteiger partial charge in [-0.2, -0.15) is 4.98 Å². The maximum absolute atomic E-state index is 8.56. The molecule has 0 atom stereocenters. The van der Waals surface area contributed by atoms with Crippen LogP contribution in [0.3, 0.4) is 0 Å². The number of nitrogens with one attached hydrogen (secondary N) is 2. The molecule has 0 aliphatic rings. The van der Waals surface area contributed by atoms with Crippen molar-refractivity contribution in [2.24, 2.45) is 0 Å². The lowest BCUT2D eigenvalue weighted by Gasteiger charge is -2.09. The van der Waals surface area contributed by atoms with Gasteiger partial charge < -0.3 is 20.5 Å². The molecule has 0 radical (unpaired) electrons. The Labute approximate surface area is 118 Å². The number of anilines is 2. The summed E-state index contributed by atoms with van der Waals surface area (Å²) in [4.78, 5) is 8.40. The summed E-state index contributed by atoms with van der Waals surface area (Å²) in [5, 5.41) is 15.3. The fourth-order valence-corrected chi connectivity index (χ4v) is 1.52. The van der Waals surface area contributed by atoms with E-state index in [4.69, 9.17) is 21.4 Å². The van der Waals surface area contributed by atoms with Crippen LogP contribution in [-0.2, 0) is 4.74 Å². The normalized spacial score (nSPS) is 10.5. The topological polar surface area (TPSA) is 79.3 Å². The van der Waals surface area contributed by atoms with Gasteiger partial charge in [-0.25, -0.2) is 4.98 Å². The van der Waals surface area contributed by atoms with Crippen LogP contribution < -0.4 is 10.6 Å². The van der Waals surface area contributed by atoms with Crippen LogP contribution in [0, 0.1) is 0 Å². The molecule has 0 aliphatic carbocycles. The number of halogens is 1. The van der Waals surface area contributed by atoms with Crippen LogP contribution in [0.15, 0.2) is 6.20 Å². The van der Waals surface area contributed by atoms with Crippen molar-refractivity contribution in [1.29, 1.82) is 0 Å². The van der Waals surface area contributed by atoms with E-state index in [9.17, 15) is 0 Å². The van der Waals surface area contributed by atoms with Gasteiger partial charge in [-0.3, -0.25) is 0 Å². The third kappa shape index (κ3) is 6.56. The first-order chi connectivity index (χ1) is 9.27. The highest BCUT2D eigenvalue weighted by Gasteiger charge is 2.04. The molecule has 0 amide bonds. The van der Waals surface area contributed by atoms with Crippen molar-refractivity contribution in [2.75, 3.05) is 43.5 Å². The molecule has 1 aromatic rings. The smallest absolute Gasteiger partial charge is 0.224 e. The third-order valence-electron chi connectivity index (χ3n) is 2.27. The molecule has 0 aromatic carbocycles. The molecule has 6 nitrogen and oxygen atoms in total. The molecule has 1 heterocycles. The Bertz CT molecular complexity index is 366. The molecule has 1 rings (SSSR count). The first-order valence-corrected chi connectivity index (χ1v) is 6.84. The summed E-state index contributed by atoms with van der Waals surface area (Å²) in [6.07, 6.45) is 3.41. The second kappa shape index (κ2) is 9.77. The van der Waals surface area contributed by atoms with E-state index in [-0.39, 0.29) is 6.61 Å². The van der Waals surface area contributed by atoms with Gasteiger partial charge in [0.05, 0.1) is 19.4 Å². The van der Waals surface area contributed by atoms with Crippen LogP contribution in [-0.4, -0.2) is 48.0 Å². The molecule has 0 aliphatic heterocycles. The Kier molecular flexibility index (Phi) is 8.20. The van der Waals surface area contributed by atoms with Crippen LogP contribution in [0.1, 0.15) is 19.8 Å². The summed E-state index contributed by atoms with van der Waals surface area (Å²) in [6, 6.07) is 0. The summed E-state index contributed by atoms with van der Waals surface area (Å²) in [5.41, 5.74) is 0. The van der Waals surface area contributed by atoms with E-state index < -0.39 is 0 Å². The highest BCUT2D eigenvalue weighted by atomic mass is 35.5. The fourth-order valence-electron chi connectivity index (χ4n) is 1.36. The van der Waals surface area contributed by atoms with Crippen molar-refractivity contribution >= 4 is 23.4 Å². The maximum Gasteiger partial charge on any atom is 0.224 e. The van der Waals surface area contributed by atoms with Gasteiger partial charge in [0.25, 0.3) is 0 Å². The molecule has 0 bridgehead atoms. The number of hydrogen-bond acceptors (Lipinski definition) is 6. The summed E-state index contributed by atoms with van der Waals surface area (Å²) in [7, 11) is 0. The minimum atomic E-state index is 0.0532. The number of ether oxygens (including phenoxy) is 1. The van der Waals surface area contributed by atoms with Gasteiger partial charge in [-0.1, -0.05) is 18.5 Å². The van der Waals surface area contributed by atoms with Gasteiger partial charge in [0, 0.05) is 19.7 Å². The number of hydrogen-bond donors (Lipinski definition) is 3. The Hall–Kier alpha value is -1.11. The molecule has 3 N–H and O–H groups in total. The molecule has 0 saturated carbocycles. The Morgan fingerprint density at radius 2 is 2.16 bits per heavy atom. The van der Waals surface area contributed by atoms with Crippen LogP contribution in [0.25, 0.3) is 0 Å². The minimum absolute atomic E-state index is 0.0532. The zero-order valence-corrected chi connectivity index (χ0v) is 11.9. The lowest BCUT2D eigenvalue weighted by Crippen LogP contribution is -2.11. The van der Waals surface area contributed by atoms with Crippen LogP contribution in [0.2, 0.25) is 5.02 Å². The SMILES string of the molecule is CCCNc1ncc(Cl)c(NCCCOCCO)n1. The van der Waals surface area contributed by atoms with E-state index in [1.54, 1.807) is 6.20 Å². The van der Waals surface area contributed by atoms with Crippen molar-refractivity contribution in [3.63, 3.8) is 0 Å². The first kappa shape index (κ1) is 15.9. The quantitative estimate of drug-likeness (QED) is 0.570. The zero-order valence-electron chi connectivity index (χ0n) is 11.2. The lowest BCUT2D eigenvalue weighted by atomic mass is 10.4. The van der Waals surface area contributed by atoms with E-state index >= 15 is 0 Å². The van der Waals surface area contributed by atoms with Crippen molar-refractivity contribution in [1.82, 2.24) is 9.97 Å². The first-order valence-electron chi connectivity index (χ1n) is 6.46. The van der Waals surface area contributed by atoms with Gasteiger partial charge in [-0.15, -0.1) is 0 Å². The van der Waals surface area contributed by atoms with Gasteiger partial charge >= 0.3 is 0 Å². The summed E-state index contributed by atoms with van der Waals surface area (Å²) >= 11 is 6.01. The van der Waals surface area contributed by atoms with Crippen LogP contribution in [0.4, 0.5) is 11.8 Å². The highest BCUT2D eigenvalue weighted by Crippen LogP contribution is 2.19. The second-order valence-electron chi connectivity index (χ2n) is 3.93. The Morgan fingerprint density at radius 3 is 2.89 bits per heavy atom. The predicted molar refractivity (Wildman–Crippen MR) is 76.8 cm³/mol. The highest BCUT2D eigenvalue weighted by molar-refractivity contribution is 6.32. The lowest BCUT2D eigenvalue weighted by molar-refractivity contribution is 0.0922. The van der Waals surface area contributed by atoms with Crippen LogP contribution >= 0.6 is 11.6 Å². The number of aliphatic hydroxyl groups is 1. The van der Waals surface area contributed by atoms with E-state index in [2.05, 4.69) is 27.5 Å². The van der Waals surface area contributed by atoms with Crippen LogP contribution in [0.5, 0.6) is 0 Å². The molecule has 0 spiro atoms. The monoisotopic (exact) mass is 288 g/mol. The van der Waals surface area contributed by atoms with Crippen molar-refractivity contribution in [3.8, 4) is 0 Å². The molecule has 0 fully saturated rings. The molecule has 0 saturated heterocycles. The summed E-state index contributed by atoms with van der Waals surface area (Å²) < 4.78 is 5.16. The molecular weight excluding hydrogens is 268 g/mol. The van der Waals surface area contributed by atoms with Crippen molar-refractivity contribution in [3.05, 3.63) is 11.2 Å². The van der Waals surface area contributed by atoms with Gasteiger partial charge in [0.1, 0.15) is 10.8 Å². The minimum Gasteiger partial charge on any atom is -0.394 e. The number of rotatable bonds is 10. The average Bonchev–Trinajstić information content (AvgIpc) is 2.43. The Balaban J connectivity index is 2.34. The number of aliphatic hydroxyl groups excluding tert-OH is 1. The third-order valence-corrected chi connectivity index (χ3v) is 2.55. The molecule has 1 aromatic heterocycles. The van der Waals surface area contributed by atoms with E-state index in [0.29, 0.717) is 36.5 Å². The molecule has 108 valence electrons. The average molecular weight is 289 g/mol. The molecular formula is C12H21ClN4O2. The zero-order chi connectivity index (χ0) is 13.9. The molecule has 19 heavy (non-hydrogen) atoms. The predicted octanol–water partition coefficient (Wildman–Crippen LogP) is 1.76.